The summed E-state index contributed by atoms with van der Waals surface area (Å²) in [6.45, 7) is 6.87. The molecule has 0 saturated carbocycles. The van der Waals surface area contributed by atoms with Crippen LogP contribution in [0.15, 0.2) is 29.2 Å². The molecule has 1 saturated heterocycles. The van der Waals surface area contributed by atoms with Gasteiger partial charge in [0.2, 0.25) is 10.0 Å². The van der Waals surface area contributed by atoms with Crippen molar-refractivity contribution in [2.24, 2.45) is 0 Å². The number of nitrogens with one attached hydrogen (secondary N) is 3. The van der Waals surface area contributed by atoms with Gasteiger partial charge in [-0.15, -0.1) is 0 Å². The highest BCUT2D eigenvalue weighted by molar-refractivity contribution is 7.89. The van der Waals surface area contributed by atoms with Crippen LogP contribution in [0.4, 0.5) is 4.79 Å². The highest BCUT2D eigenvalue weighted by Crippen LogP contribution is 2.19. The average Bonchev–Trinajstić information content (AvgIpc) is 2.60. The van der Waals surface area contributed by atoms with E-state index in [0.717, 1.165) is 4.90 Å². The zero-order valence-corrected chi connectivity index (χ0v) is 17.2. The molecule has 1 aliphatic heterocycles. The van der Waals surface area contributed by atoms with E-state index in [1.807, 2.05) is 0 Å². The molecular weight excluding hydrogens is 392 g/mol. The highest BCUT2D eigenvalue weighted by atomic mass is 35.5. The normalized spacial score (nSPS) is 17.5. The summed E-state index contributed by atoms with van der Waals surface area (Å²) in [5.41, 5.74) is 0. The van der Waals surface area contributed by atoms with E-state index in [9.17, 15) is 18.0 Å². The van der Waals surface area contributed by atoms with Crippen molar-refractivity contribution in [1.29, 1.82) is 0 Å². The van der Waals surface area contributed by atoms with E-state index in [4.69, 9.17) is 11.6 Å². The van der Waals surface area contributed by atoms with Crippen LogP contribution in [0, 0.1) is 0 Å². The van der Waals surface area contributed by atoms with Crippen molar-refractivity contribution < 1.29 is 22.9 Å². The first-order valence-corrected chi connectivity index (χ1v) is 10.6. The first-order chi connectivity index (χ1) is 12.6. The molecule has 3 N–H and O–H groups in total. The van der Waals surface area contributed by atoms with Crippen molar-refractivity contribution in [2.45, 2.75) is 37.8 Å². The van der Waals surface area contributed by atoms with Crippen LogP contribution in [-0.4, -0.2) is 62.9 Å². The van der Waals surface area contributed by atoms with Gasteiger partial charge < -0.3 is 10.2 Å². The molecule has 8 nitrogen and oxygen atoms in total. The van der Waals surface area contributed by atoms with E-state index in [1.165, 1.54) is 16.4 Å². The van der Waals surface area contributed by atoms with Crippen LogP contribution in [0.2, 0.25) is 5.02 Å². The number of carbonyl (C=O) groups is 2. The number of hydrogen-bond donors (Lipinski definition) is 3. The maximum Gasteiger partial charge on any atom is 0.321 e. The van der Waals surface area contributed by atoms with Gasteiger partial charge in [-0.1, -0.05) is 17.7 Å². The Labute approximate surface area is 164 Å². The van der Waals surface area contributed by atoms with Gasteiger partial charge in [-0.25, -0.2) is 13.2 Å². The molecule has 1 heterocycles. The Morgan fingerprint density at radius 2 is 1.81 bits per heavy atom. The molecule has 0 radical (unpaired) electrons. The Hall–Kier alpha value is -1.68. The number of sulfonamides is 1. The molecule has 10 heteroatoms. The molecule has 1 aromatic carbocycles. The molecule has 2 rings (SSSR count). The van der Waals surface area contributed by atoms with Crippen molar-refractivity contribution in [3.05, 3.63) is 29.3 Å². The molecule has 0 bridgehead atoms. The van der Waals surface area contributed by atoms with E-state index in [2.05, 4.69) is 10.6 Å². The summed E-state index contributed by atoms with van der Waals surface area (Å²) in [5, 5.41) is 5.29. The third kappa shape index (κ3) is 5.65. The number of carbonyl (C=O) groups excluding carboxylic acids is 2. The van der Waals surface area contributed by atoms with Crippen LogP contribution in [-0.2, 0) is 14.8 Å². The maximum absolute atomic E-state index is 12.7. The zero-order chi connectivity index (χ0) is 20.2. The fourth-order valence-corrected chi connectivity index (χ4v) is 4.67. The average molecular weight is 418 g/mol. The van der Waals surface area contributed by atoms with Gasteiger partial charge in [0.25, 0.3) is 5.91 Å². The third-order valence-corrected chi connectivity index (χ3v) is 6.59. The fourth-order valence-electron chi connectivity index (χ4n) is 2.93. The van der Waals surface area contributed by atoms with Crippen molar-refractivity contribution in [3.63, 3.8) is 0 Å². The first-order valence-electron chi connectivity index (χ1n) is 8.83. The van der Waals surface area contributed by atoms with E-state index in [-0.39, 0.29) is 16.8 Å². The lowest BCUT2D eigenvalue weighted by Gasteiger charge is -2.34. The minimum Gasteiger partial charge on any atom is -0.336 e. The van der Waals surface area contributed by atoms with Gasteiger partial charge >= 0.3 is 6.03 Å². The number of urea groups is 1. The van der Waals surface area contributed by atoms with Gasteiger partial charge in [-0.05, 0) is 39.0 Å². The van der Waals surface area contributed by atoms with Gasteiger partial charge in [-0.3, -0.25) is 10.1 Å². The number of rotatable bonds is 5. The smallest absolute Gasteiger partial charge is 0.321 e. The molecule has 150 valence electrons. The summed E-state index contributed by atoms with van der Waals surface area (Å²) in [6, 6.07) is 5.12. The number of nitrogens with zero attached hydrogens (tertiary/aromatic N) is 1. The van der Waals surface area contributed by atoms with Crippen LogP contribution < -0.4 is 15.5 Å². The lowest BCUT2D eigenvalue weighted by atomic mass is 10.2. The summed E-state index contributed by atoms with van der Waals surface area (Å²) < 4.78 is 26.8. The first kappa shape index (κ1) is 21.6. The topological polar surface area (TPSA) is 100 Å². The molecule has 0 spiro atoms. The minimum absolute atomic E-state index is 0.0688. The molecule has 1 aliphatic rings. The number of benzene rings is 1. The molecular formula is C17H26ClN4O4S+. The molecule has 1 atom stereocenters. The van der Waals surface area contributed by atoms with E-state index < -0.39 is 22.1 Å². The van der Waals surface area contributed by atoms with Gasteiger partial charge in [-0.2, -0.15) is 4.31 Å². The molecule has 1 fully saturated rings. The van der Waals surface area contributed by atoms with Crippen LogP contribution in [0.25, 0.3) is 0 Å². The molecule has 0 aromatic heterocycles. The summed E-state index contributed by atoms with van der Waals surface area (Å²) in [7, 11) is -3.62. The standard InChI is InChI=1S/C17H25ClN4O4S/c1-12(2)19-17(24)20-16(23)13(3)21-7-9-22(10-8-21)27(25,26)15-6-4-5-14(18)11-15/h4-6,11-13H,7-10H2,1-3H3,(H2,19,20,23,24)/p+1/t13-/m0/s1. The number of piperazine rings is 1. The summed E-state index contributed by atoms with van der Waals surface area (Å²) in [5.74, 6) is -0.380. The second kappa shape index (κ2) is 9.01. The third-order valence-electron chi connectivity index (χ3n) is 4.46. The summed E-state index contributed by atoms with van der Waals surface area (Å²) >= 11 is 5.90. The summed E-state index contributed by atoms with van der Waals surface area (Å²) in [4.78, 5) is 25.0. The Balaban J connectivity index is 1.94. The Bertz CT molecular complexity index is 792. The Kier molecular flexibility index (Phi) is 7.21. The Morgan fingerprint density at radius 3 is 2.37 bits per heavy atom. The van der Waals surface area contributed by atoms with Gasteiger partial charge in [0.05, 0.1) is 31.1 Å². The number of amides is 3. The van der Waals surface area contributed by atoms with Crippen molar-refractivity contribution in [3.8, 4) is 0 Å². The van der Waals surface area contributed by atoms with E-state index in [1.54, 1.807) is 32.9 Å². The zero-order valence-electron chi connectivity index (χ0n) is 15.7. The van der Waals surface area contributed by atoms with Crippen molar-refractivity contribution >= 4 is 33.6 Å². The van der Waals surface area contributed by atoms with Gasteiger partial charge in [0.15, 0.2) is 6.04 Å². The van der Waals surface area contributed by atoms with E-state index >= 15 is 0 Å². The predicted octanol–water partition coefficient (Wildman–Crippen LogP) is -0.148. The van der Waals surface area contributed by atoms with Crippen LogP contribution >= 0.6 is 11.6 Å². The molecule has 0 unspecified atom stereocenters. The van der Waals surface area contributed by atoms with E-state index in [0.29, 0.717) is 31.2 Å². The monoisotopic (exact) mass is 417 g/mol. The number of halogens is 1. The number of quaternary nitrogens is 1. The quantitative estimate of drug-likeness (QED) is 0.620. The predicted molar refractivity (Wildman–Crippen MR) is 102 cm³/mol. The second-order valence-corrected chi connectivity index (χ2v) is 9.23. The molecule has 3 amide bonds. The minimum atomic E-state index is -3.62. The highest BCUT2D eigenvalue weighted by Gasteiger charge is 2.34. The van der Waals surface area contributed by atoms with Gasteiger partial charge in [0.1, 0.15) is 0 Å². The van der Waals surface area contributed by atoms with Crippen LogP contribution in [0.5, 0.6) is 0 Å². The lowest BCUT2D eigenvalue weighted by Crippen LogP contribution is -3.19. The maximum atomic E-state index is 12.7. The second-order valence-electron chi connectivity index (χ2n) is 6.86. The largest absolute Gasteiger partial charge is 0.336 e. The van der Waals surface area contributed by atoms with Crippen LogP contribution in [0.1, 0.15) is 20.8 Å². The number of hydrogen-bond acceptors (Lipinski definition) is 4. The van der Waals surface area contributed by atoms with Crippen molar-refractivity contribution in [1.82, 2.24) is 14.9 Å². The molecule has 27 heavy (non-hydrogen) atoms. The SMILES string of the molecule is CC(C)NC(=O)NC(=O)[C@H](C)[NH+]1CCN(S(=O)(=O)c2cccc(Cl)c2)CC1. The number of imide groups is 1. The fraction of sp³-hybridized carbons (Fsp3) is 0.529. The van der Waals surface area contributed by atoms with Crippen LogP contribution in [0.3, 0.4) is 0 Å². The molecule has 1 aromatic rings. The molecule has 0 aliphatic carbocycles. The van der Waals surface area contributed by atoms with Crippen molar-refractivity contribution in [2.75, 3.05) is 26.2 Å². The lowest BCUT2D eigenvalue weighted by molar-refractivity contribution is -0.917. The van der Waals surface area contributed by atoms with Gasteiger partial charge in [0, 0.05) is 11.1 Å². The summed E-state index contributed by atoms with van der Waals surface area (Å²) in [6.07, 6.45) is 0. The Morgan fingerprint density at radius 1 is 1.19 bits per heavy atom.